The summed E-state index contributed by atoms with van der Waals surface area (Å²) in [7, 11) is 0. The number of para-hydroxylation sites is 2. The summed E-state index contributed by atoms with van der Waals surface area (Å²) in [5.74, 6) is 0.969. The molecule has 1 unspecified atom stereocenters. The van der Waals surface area contributed by atoms with Gasteiger partial charge in [0, 0.05) is 29.8 Å². The van der Waals surface area contributed by atoms with Crippen LogP contribution in [0.1, 0.15) is 16.1 Å². The van der Waals surface area contributed by atoms with Gasteiger partial charge in [-0.3, -0.25) is 9.78 Å². The number of hydrogen-bond acceptors (Lipinski definition) is 4. The lowest BCUT2D eigenvalue weighted by molar-refractivity contribution is 0.0908. The number of amides is 1. The molecule has 0 aliphatic carbocycles. The number of rotatable bonds is 4. The number of carbonyl (C=O) groups is 1. The summed E-state index contributed by atoms with van der Waals surface area (Å²) in [6.45, 7) is 0.417. The summed E-state index contributed by atoms with van der Waals surface area (Å²) in [5, 5.41) is 3.84. The van der Waals surface area contributed by atoms with E-state index in [0.29, 0.717) is 17.9 Å². The number of benzene rings is 2. The van der Waals surface area contributed by atoms with Crippen LogP contribution in [0.3, 0.4) is 0 Å². The van der Waals surface area contributed by atoms with Crippen molar-refractivity contribution in [1.29, 1.82) is 0 Å². The maximum Gasteiger partial charge on any atom is 0.287 e. The second kappa shape index (κ2) is 6.85. The summed E-state index contributed by atoms with van der Waals surface area (Å²) in [4.78, 5) is 16.5. The van der Waals surface area contributed by atoms with Crippen molar-refractivity contribution >= 4 is 16.9 Å². The number of ether oxygens (including phenoxy) is 1. The highest BCUT2D eigenvalue weighted by Crippen LogP contribution is 2.38. The van der Waals surface area contributed by atoms with Gasteiger partial charge >= 0.3 is 0 Å². The smallest absolute Gasteiger partial charge is 0.287 e. The minimum atomic E-state index is -0.231. The Morgan fingerprint density at radius 3 is 2.79 bits per heavy atom. The molecule has 5 rings (SSSR count). The van der Waals surface area contributed by atoms with Crippen molar-refractivity contribution in [3.63, 3.8) is 0 Å². The van der Waals surface area contributed by atoms with Gasteiger partial charge in [-0.2, -0.15) is 0 Å². The Hall–Kier alpha value is -3.60. The van der Waals surface area contributed by atoms with Crippen LogP contribution >= 0.6 is 0 Å². The molecule has 0 saturated carbocycles. The van der Waals surface area contributed by atoms with Crippen molar-refractivity contribution < 1.29 is 13.9 Å². The lowest BCUT2D eigenvalue weighted by Gasteiger charge is -2.13. The van der Waals surface area contributed by atoms with E-state index in [9.17, 15) is 4.79 Å². The molecule has 1 aliphatic heterocycles. The first-order chi connectivity index (χ1) is 13.8. The van der Waals surface area contributed by atoms with E-state index in [1.807, 2.05) is 48.5 Å². The zero-order valence-corrected chi connectivity index (χ0v) is 15.1. The monoisotopic (exact) mass is 370 g/mol. The van der Waals surface area contributed by atoms with Crippen molar-refractivity contribution in [2.24, 2.45) is 0 Å². The minimum Gasteiger partial charge on any atom is -0.487 e. The Labute approximate surface area is 162 Å². The van der Waals surface area contributed by atoms with Crippen LogP contribution in [0.4, 0.5) is 0 Å². The molecule has 0 spiro atoms. The molecule has 4 aromatic rings. The highest BCUT2D eigenvalue weighted by Gasteiger charge is 2.26. The van der Waals surface area contributed by atoms with Crippen LogP contribution < -0.4 is 10.1 Å². The molecule has 1 aliphatic rings. The number of nitrogens with one attached hydrogen (secondary N) is 1. The van der Waals surface area contributed by atoms with Gasteiger partial charge in [0.25, 0.3) is 5.91 Å². The van der Waals surface area contributed by atoms with Gasteiger partial charge in [0.1, 0.15) is 17.4 Å². The maximum absolute atomic E-state index is 12.5. The van der Waals surface area contributed by atoms with E-state index < -0.39 is 0 Å². The van der Waals surface area contributed by atoms with E-state index in [0.717, 1.165) is 34.2 Å². The third-order valence-electron chi connectivity index (χ3n) is 4.96. The Balaban J connectivity index is 1.29. The lowest BCUT2D eigenvalue weighted by atomic mass is 10.0. The fraction of sp³-hybridized carbons (Fsp3) is 0.130. The molecule has 3 heterocycles. The van der Waals surface area contributed by atoms with E-state index in [1.54, 1.807) is 18.5 Å². The van der Waals surface area contributed by atoms with Gasteiger partial charge in [-0.15, -0.1) is 0 Å². The van der Waals surface area contributed by atoms with E-state index in [4.69, 9.17) is 9.15 Å². The van der Waals surface area contributed by atoms with Crippen LogP contribution in [0.15, 0.2) is 77.5 Å². The summed E-state index contributed by atoms with van der Waals surface area (Å²) in [6.07, 6.45) is 4.20. The molecule has 0 radical (unpaired) electrons. The second-order valence-corrected chi connectivity index (χ2v) is 6.83. The summed E-state index contributed by atoms with van der Waals surface area (Å²) in [5.41, 5.74) is 3.97. The van der Waals surface area contributed by atoms with Crippen molar-refractivity contribution in [3.8, 4) is 16.9 Å². The molecule has 1 atom stereocenters. The number of pyridine rings is 1. The fourth-order valence-electron chi connectivity index (χ4n) is 3.60. The molecule has 138 valence electrons. The number of hydrogen-bond donors (Lipinski definition) is 1. The first kappa shape index (κ1) is 16.6. The van der Waals surface area contributed by atoms with Gasteiger partial charge in [-0.25, -0.2) is 0 Å². The number of aromatic nitrogens is 1. The predicted molar refractivity (Wildman–Crippen MR) is 106 cm³/mol. The van der Waals surface area contributed by atoms with Crippen molar-refractivity contribution in [2.75, 3.05) is 6.54 Å². The average molecular weight is 370 g/mol. The quantitative estimate of drug-likeness (QED) is 0.584. The topological polar surface area (TPSA) is 64.4 Å². The van der Waals surface area contributed by atoms with Gasteiger partial charge < -0.3 is 14.5 Å². The SMILES string of the molecule is O=C(NCC1Cc2cccc(-c3ccncc3)c2O1)c1cc2ccccc2o1. The van der Waals surface area contributed by atoms with Gasteiger partial charge in [-0.1, -0.05) is 36.4 Å². The average Bonchev–Trinajstić information content (AvgIpc) is 3.36. The molecule has 2 aromatic heterocycles. The molecular weight excluding hydrogens is 352 g/mol. The lowest BCUT2D eigenvalue weighted by Crippen LogP contribution is -2.34. The summed E-state index contributed by atoms with van der Waals surface area (Å²) in [6, 6.07) is 19.4. The standard InChI is InChI=1S/C23H18N2O3/c26-23(21-13-16-4-1-2-7-20(16)28-21)25-14-18-12-17-5-3-6-19(22(17)27-18)15-8-10-24-11-9-15/h1-11,13,18H,12,14H2,(H,25,26). The van der Waals surface area contributed by atoms with Gasteiger partial charge in [-0.05, 0) is 35.4 Å². The maximum atomic E-state index is 12.5. The van der Waals surface area contributed by atoms with Crippen molar-refractivity contribution in [1.82, 2.24) is 10.3 Å². The molecule has 5 nitrogen and oxygen atoms in total. The zero-order valence-electron chi connectivity index (χ0n) is 15.1. The normalized spacial score (nSPS) is 15.2. The molecule has 0 saturated heterocycles. The predicted octanol–water partition coefficient (Wildman–Crippen LogP) is 4.23. The van der Waals surface area contributed by atoms with E-state index in [-0.39, 0.29) is 12.0 Å². The number of fused-ring (bicyclic) bond motifs is 2. The molecule has 28 heavy (non-hydrogen) atoms. The van der Waals surface area contributed by atoms with Crippen LogP contribution in [0.25, 0.3) is 22.1 Å². The molecule has 1 N–H and O–H groups in total. The Morgan fingerprint density at radius 2 is 1.93 bits per heavy atom. The Morgan fingerprint density at radius 1 is 1.07 bits per heavy atom. The Bertz CT molecular complexity index is 1120. The van der Waals surface area contributed by atoms with E-state index in [1.165, 1.54) is 0 Å². The molecule has 1 amide bonds. The van der Waals surface area contributed by atoms with Crippen LogP contribution in [0.5, 0.6) is 5.75 Å². The van der Waals surface area contributed by atoms with Gasteiger partial charge in [0.15, 0.2) is 5.76 Å². The minimum absolute atomic E-state index is 0.105. The van der Waals surface area contributed by atoms with Crippen molar-refractivity contribution in [3.05, 3.63) is 84.4 Å². The molecule has 0 bridgehead atoms. The molecular formula is C23H18N2O3. The third kappa shape index (κ3) is 3.01. The van der Waals surface area contributed by atoms with Gasteiger partial charge in [0.05, 0.1) is 6.54 Å². The van der Waals surface area contributed by atoms with Crippen LogP contribution in [0, 0.1) is 0 Å². The van der Waals surface area contributed by atoms with Crippen LogP contribution in [-0.4, -0.2) is 23.5 Å². The van der Waals surface area contributed by atoms with Crippen LogP contribution in [0.2, 0.25) is 0 Å². The van der Waals surface area contributed by atoms with Crippen molar-refractivity contribution in [2.45, 2.75) is 12.5 Å². The molecule has 2 aromatic carbocycles. The summed E-state index contributed by atoms with van der Waals surface area (Å²) >= 11 is 0. The number of nitrogens with zero attached hydrogens (tertiary/aromatic N) is 1. The third-order valence-corrected chi connectivity index (χ3v) is 4.96. The number of furan rings is 1. The van der Waals surface area contributed by atoms with Gasteiger partial charge in [0.2, 0.25) is 0 Å². The first-order valence-corrected chi connectivity index (χ1v) is 9.23. The van der Waals surface area contributed by atoms with Crippen LogP contribution in [-0.2, 0) is 6.42 Å². The highest BCUT2D eigenvalue weighted by atomic mass is 16.5. The van der Waals surface area contributed by atoms with E-state index >= 15 is 0 Å². The highest BCUT2D eigenvalue weighted by molar-refractivity contribution is 5.96. The molecule has 0 fully saturated rings. The van der Waals surface area contributed by atoms with E-state index in [2.05, 4.69) is 16.4 Å². The fourth-order valence-corrected chi connectivity index (χ4v) is 3.60. The first-order valence-electron chi connectivity index (χ1n) is 9.23. The second-order valence-electron chi connectivity index (χ2n) is 6.83. The summed E-state index contributed by atoms with van der Waals surface area (Å²) < 4.78 is 11.8. The zero-order chi connectivity index (χ0) is 18.9. The number of carbonyl (C=O) groups excluding carboxylic acids is 1. The molecule has 5 heteroatoms. The largest absolute Gasteiger partial charge is 0.487 e. The Kier molecular flexibility index (Phi) is 4.05.